The number of nitrogens with zero attached hydrogens (tertiary/aromatic N) is 4. The highest BCUT2D eigenvalue weighted by atomic mass is 15.3. The van der Waals surface area contributed by atoms with E-state index in [1.807, 2.05) is 6.20 Å². The van der Waals surface area contributed by atoms with Gasteiger partial charge in [0.15, 0.2) is 0 Å². The van der Waals surface area contributed by atoms with Crippen molar-refractivity contribution in [2.45, 2.75) is 6.04 Å². The van der Waals surface area contributed by atoms with E-state index in [-0.39, 0.29) is 6.04 Å². The molecular weight excluding hydrogens is 444 g/mol. The fraction of sp³-hybridized carbons (Fsp3) is 0.0667. The maximum absolute atomic E-state index is 5.07. The Labute approximate surface area is 206 Å². The summed E-state index contributed by atoms with van der Waals surface area (Å²) in [5.74, 6) is 0.815. The van der Waals surface area contributed by atoms with Crippen molar-refractivity contribution >= 4 is 55.9 Å². The van der Waals surface area contributed by atoms with Crippen molar-refractivity contribution < 1.29 is 0 Å². The minimum Gasteiger partial charge on any atom is -0.347 e. The highest BCUT2D eigenvalue weighted by molar-refractivity contribution is 6.21. The van der Waals surface area contributed by atoms with Gasteiger partial charge in [-0.25, -0.2) is 4.99 Å². The minimum absolute atomic E-state index is 0.0121. The lowest BCUT2D eigenvalue weighted by atomic mass is 10.1. The molecule has 6 heteroatoms. The molecule has 4 heterocycles. The summed E-state index contributed by atoms with van der Waals surface area (Å²) in [6.45, 7) is 0.646. The van der Waals surface area contributed by atoms with E-state index in [1.54, 1.807) is 6.34 Å². The first-order valence-electron chi connectivity index (χ1n) is 12.2. The van der Waals surface area contributed by atoms with Crippen molar-refractivity contribution in [1.29, 1.82) is 0 Å². The monoisotopic (exact) mass is 466 g/mol. The average molecular weight is 467 g/mol. The first kappa shape index (κ1) is 19.5. The predicted molar refractivity (Wildman–Crippen MR) is 148 cm³/mol. The number of para-hydroxylation sites is 3. The number of rotatable bonds is 1. The Morgan fingerprint density at radius 1 is 0.639 bits per heavy atom. The van der Waals surface area contributed by atoms with Crippen molar-refractivity contribution in [2.24, 2.45) is 9.98 Å². The van der Waals surface area contributed by atoms with Gasteiger partial charge in [-0.3, -0.25) is 9.56 Å². The van der Waals surface area contributed by atoms with Crippen LogP contribution in [0.1, 0.15) is 0 Å². The normalized spacial score (nSPS) is 17.2. The van der Waals surface area contributed by atoms with Crippen molar-refractivity contribution in [3.8, 4) is 5.69 Å². The number of aliphatic imine (C=N–C) groups is 2. The van der Waals surface area contributed by atoms with Crippen LogP contribution in [0.25, 0.3) is 49.3 Å². The Morgan fingerprint density at radius 3 is 2.08 bits per heavy atom. The first-order chi connectivity index (χ1) is 17.9. The molecule has 36 heavy (non-hydrogen) atoms. The summed E-state index contributed by atoms with van der Waals surface area (Å²) >= 11 is 0. The second-order valence-electron chi connectivity index (χ2n) is 9.28. The van der Waals surface area contributed by atoms with Crippen molar-refractivity contribution in [3.05, 3.63) is 103 Å². The third-order valence-electron chi connectivity index (χ3n) is 7.29. The summed E-state index contributed by atoms with van der Waals surface area (Å²) in [4.78, 5) is 9.45. The van der Waals surface area contributed by atoms with Gasteiger partial charge in [0.2, 0.25) is 5.96 Å². The van der Waals surface area contributed by atoms with Gasteiger partial charge >= 0.3 is 0 Å². The summed E-state index contributed by atoms with van der Waals surface area (Å²) in [6, 6.07) is 32.5. The van der Waals surface area contributed by atoms with Crippen molar-refractivity contribution in [1.82, 2.24) is 19.8 Å². The van der Waals surface area contributed by atoms with Gasteiger partial charge in [-0.2, -0.15) is 0 Å². The molecule has 0 amide bonds. The van der Waals surface area contributed by atoms with Crippen LogP contribution in [0.15, 0.2) is 113 Å². The molecule has 0 bridgehead atoms. The number of nitrogens with one attached hydrogen (secondary N) is 2. The number of fused-ring (bicyclic) bond motifs is 7. The van der Waals surface area contributed by atoms with Crippen molar-refractivity contribution in [3.63, 3.8) is 0 Å². The fourth-order valence-electron chi connectivity index (χ4n) is 5.68. The van der Waals surface area contributed by atoms with E-state index in [4.69, 9.17) is 4.99 Å². The van der Waals surface area contributed by atoms with Crippen LogP contribution in [0.4, 0.5) is 0 Å². The lowest BCUT2D eigenvalue weighted by Gasteiger charge is -2.25. The number of benzene rings is 4. The number of aromatic nitrogens is 2. The van der Waals surface area contributed by atoms with Crippen LogP contribution in [-0.4, -0.2) is 34.0 Å². The molecule has 1 atom stereocenters. The van der Waals surface area contributed by atoms with Crippen LogP contribution in [-0.2, 0) is 0 Å². The molecule has 172 valence electrons. The van der Waals surface area contributed by atoms with E-state index in [1.165, 1.54) is 32.6 Å². The van der Waals surface area contributed by atoms with Gasteiger partial charge in [0.25, 0.3) is 0 Å². The molecular formula is C30H22N6. The molecule has 0 radical (unpaired) electrons. The smallest absolute Gasteiger partial charge is 0.208 e. The van der Waals surface area contributed by atoms with E-state index >= 15 is 0 Å². The van der Waals surface area contributed by atoms with Crippen molar-refractivity contribution in [2.75, 3.05) is 6.54 Å². The lowest BCUT2D eigenvalue weighted by Crippen LogP contribution is -2.40. The summed E-state index contributed by atoms with van der Waals surface area (Å²) in [5, 5.41) is 11.6. The van der Waals surface area contributed by atoms with E-state index in [9.17, 15) is 0 Å². The predicted octanol–water partition coefficient (Wildman–Crippen LogP) is 5.54. The third-order valence-corrected chi connectivity index (χ3v) is 7.29. The maximum Gasteiger partial charge on any atom is 0.208 e. The lowest BCUT2D eigenvalue weighted by molar-refractivity contribution is 0.694. The van der Waals surface area contributed by atoms with Gasteiger partial charge in [-0.05, 0) is 36.4 Å². The zero-order valence-electron chi connectivity index (χ0n) is 19.4. The van der Waals surface area contributed by atoms with Crippen LogP contribution < -0.4 is 10.6 Å². The highest BCUT2D eigenvalue weighted by Crippen LogP contribution is 2.38. The molecule has 0 saturated heterocycles. The molecule has 4 aromatic carbocycles. The van der Waals surface area contributed by atoms with Gasteiger partial charge in [0.1, 0.15) is 6.04 Å². The Balaban J connectivity index is 1.48. The molecule has 6 nitrogen and oxygen atoms in total. The SMILES string of the molecule is C1=NCC2N=C(n3c4ccccc4c4cc5c6ccccc6n(-c6ccccc6)c5cc43)NC=C2N1. The number of hydrogen-bond acceptors (Lipinski definition) is 4. The Bertz CT molecular complexity index is 1920. The number of hydrogen-bond donors (Lipinski definition) is 2. The summed E-state index contributed by atoms with van der Waals surface area (Å²) in [7, 11) is 0. The van der Waals surface area contributed by atoms with Gasteiger partial charge in [0, 0.05) is 33.4 Å². The van der Waals surface area contributed by atoms with Crippen LogP contribution in [0.5, 0.6) is 0 Å². The molecule has 2 aromatic heterocycles. The molecule has 0 spiro atoms. The molecule has 2 aliphatic heterocycles. The standard InChI is InChI=1S/C30H22N6/c1-2-8-19(9-3-1)35-26-12-6-4-10-20(26)22-14-23-21-11-5-7-13-27(21)36(29(23)15-28(22)35)30-32-17-24-25(34-30)16-31-18-33-24/h1-15,17-18,25H,16H2,(H,31,33)(H,32,34). The highest BCUT2D eigenvalue weighted by Gasteiger charge is 2.24. The van der Waals surface area contributed by atoms with Gasteiger partial charge in [-0.15, -0.1) is 0 Å². The van der Waals surface area contributed by atoms with Gasteiger partial charge in [0.05, 0.1) is 40.6 Å². The van der Waals surface area contributed by atoms with Crippen LogP contribution in [0.3, 0.4) is 0 Å². The molecule has 0 aliphatic carbocycles. The topological polar surface area (TPSA) is 58.6 Å². The third kappa shape index (κ3) is 2.66. The van der Waals surface area contributed by atoms with E-state index in [0.29, 0.717) is 6.54 Å². The van der Waals surface area contributed by atoms with Crippen LogP contribution in [0.2, 0.25) is 0 Å². The summed E-state index contributed by atoms with van der Waals surface area (Å²) in [6.07, 6.45) is 3.75. The van der Waals surface area contributed by atoms with E-state index < -0.39 is 0 Å². The first-order valence-corrected chi connectivity index (χ1v) is 12.2. The Kier molecular flexibility index (Phi) is 3.96. The molecule has 0 saturated carbocycles. The molecule has 1 unspecified atom stereocenters. The molecule has 2 N–H and O–H groups in total. The minimum atomic E-state index is -0.0121. The Hall–Kier alpha value is -4.84. The average Bonchev–Trinajstić information content (AvgIpc) is 3.44. The van der Waals surface area contributed by atoms with Crippen LogP contribution in [0, 0.1) is 0 Å². The molecule has 8 rings (SSSR count). The van der Waals surface area contributed by atoms with Gasteiger partial charge in [-0.1, -0.05) is 54.6 Å². The zero-order chi connectivity index (χ0) is 23.6. The Morgan fingerprint density at radius 2 is 1.31 bits per heavy atom. The summed E-state index contributed by atoms with van der Waals surface area (Å²) in [5.41, 5.74) is 6.83. The largest absolute Gasteiger partial charge is 0.347 e. The quantitative estimate of drug-likeness (QED) is 0.334. The van der Waals surface area contributed by atoms with Gasteiger partial charge < -0.3 is 15.2 Å². The van der Waals surface area contributed by atoms with Crippen LogP contribution >= 0.6 is 0 Å². The van der Waals surface area contributed by atoms with E-state index in [2.05, 4.69) is 116 Å². The summed E-state index contributed by atoms with van der Waals surface area (Å²) < 4.78 is 4.61. The second-order valence-corrected chi connectivity index (χ2v) is 9.28. The molecule has 2 aliphatic rings. The maximum atomic E-state index is 5.07. The fourth-order valence-corrected chi connectivity index (χ4v) is 5.68. The zero-order valence-corrected chi connectivity index (χ0v) is 19.4. The van der Waals surface area contributed by atoms with E-state index in [0.717, 1.165) is 28.4 Å². The second kappa shape index (κ2) is 7.33. The molecule has 0 fully saturated rings. The molecule has 6 aromatic rings.